The van der Waals surface area contributed by atoms with Crippen LogP contribution in [0.5, 0.6) is 0 Å². The van der Waals surface area contributed by atoms with E-state index in [0.29, 0.717) is 11.1 Å². The minimum absolute atomic E-state index is 0.0194. The summed E-state index contributed by atoms with van der Waals surface area (Å²) in [7, 11) is 0. The van der Waals surface area contributed by atoms with E-state index >= 15 is 0 Å². The number of aliphatic imine (C=N–C) groups is 1. The quantitative estimate of drug-likeness (QED) is 0.385. The van der Waals surface area contributed by atoms with Gasteiger partial charge in [0.2, 0.25) is 5.91 Å². The summed E-state index contributed by atoms with van der Waals surface area (Å²) in [6.07, 6.45) is -1.23. The maximum Gasteiger partial charge on any atom is 0.418 e. The Bertz CT molecular complexity index is 1270. The molecule has 0 radical (unpaired) electrons. The first-order chi connectivity index (χ1) is 17.5. The Kier molecular flexibility index (Phi) is 9.18. The second kappa shape index (κ2) is 12.1. The van der Waals surface area contributed by atoms with Crippen LogP contribution in [0.2, 0.25) is 5.02 Å². The molecule has 0 fully saturated rings. The van der Waals surface area contributed by atoms with Crippen LogP contribution in [0.4, 0.5) is 24.8 Å². The summed E-state index contributed by atoms with van der Waals surface area (Å²) < 4.78 is 39.2. The van der Waals surface area contributed by atoms with E-state index in [1.807, 2.05) is 0 Å². The summed E-state index contributed by atoms with van der Waals surface area (Å²) in [6, 6.07) is 1.28. The number of carbonyl (C=O) groups excluding carboxylic acids is 3. The van der Waals surface area contributed by atoms with Crippen LogP contribution in [0.25, 0.3) is 0 Å². The molecule has 5 N–H and O–H groups in total. The molecule has 2 aromatic rings. The molecular formula is C21H20ClF3N8O3S. The Balaban J connectivity index is 1.61. The third kappa shape index (κ3) is 7.71. The summed E-state index contributed by atoms with van der Waals surface area (Å²) in [4.78, 5) is 52.9. The first-order valence-electron chi connectivity index (χ1n) is 10.6. The number of aromatic nitrogens is 3. The van der Waals surface area contributed by atoms with E-state index in [0.717, 1.165) is 24.3 Å². The molecule has 1 atom stereocenters. The van der Waals surface area contributed by atoms with Crippen molar-refractivity contribution in [2.75, 3.05) is 23.7 Å². The van der Waals surface area contributed by atoms with Crippen molar-refractivity contribution < 1.29 is 27.6 Å². The van der Waals surface area contributed by atoms with Crippen LogP contribution in [0.1, 0.15) is 29.4 Å². The Morgan fingerprint density at radius 2 is 1.86 bits per heavy atom. The first kappa shape index (κ1) is 28.0. The molecule has 3 rings (SSSR count). The molecule has 2 aromatic heterocycles. The van der Waals surface area contributed by atoms with E-state index in [2.05, 4.69) is 35.9 Å². The zero-order chi connectivity index (χ0) is 27.2. The molecule has 11 nitrogen and oxygen atoms in total. The summed E-state index contributed by atoms with van der Waals surface area (Å²) in [5.74, 6) is -1.85. The molecule has 1 aliphatic heterocycles. The van der Waals surface area contributed by atoms with Crippen LogP contribution in [-0.2, 0) is 15.8 Å². The van der Waals surface area contributed by atoms with Gasteiger partial charge in [-0.25, -0.2) is 15.0 Å². The molecule has 0 aromatic carbocycles. The van der Waals surface area contributed by atoms with Gasteiger partial charge in [-0.1, -0.05) is 23.4 Å². The van der Waals surface area contributed by atoms with Crippen molar-refractivity contribution in [3.63, 3.8) is 0 Å². The average molecular weight is 557 g/mol. The molecule has 0 aliphatic carbocycles. The lowest BCUT2D eigenvalue weighted by molar-refractivity contribution is -0.137. The van der Waals surface area contributed by atoms with Crippen LogP contribution < -0.4 is 21.7 Å². The maximum atomic E-state index is 13.1. The van der Waals surface area contributed by atoms with Gasteiger partial charge >= 0.3 is 6.18 Å². The highest BCUT2D eigenvalue weighted by molar-refractivity contribution is 8.18. The second-order valence-electron chi connectivity index (χ2n) is 7.42. The minimum Gasteiger partial charge on any atom is -0.342 e. The van der Waals surface area contributed by atoms with E-state index < -0.39 is 34.6 Å². The van der Waals surface area contributed by atoms with Gasteiger partial charge in [-0.05, 0) is 19.1 Å². The van der Waals surface area contributed by atoms with Gasteiger partial charge in [-0.2, -0.15) is 13.2 Å². The molecule has 0 spiro atoms. The molecule has 0 saturated carbocycles. The van der Waals surface area contributed by atoms with E-state index in [-0.39, 0.29) is 47.7 Å². The molecule has 3 heterocycles. The molecule has 3 amide bonds. The minimum atomic E-state index is -4.72. The van der Waals surface area contributed by atoms with Gasteiger partial charge in [0.25, 0.3) is 11.8 Å². The molecule has 37 heavy (non-hydrogen) atoms. The van der Waals surface area contributed by atoms with Crippen LogP contribution >= 0.6 is 23.4 Å². The van der Waals surface area contributed by atoms with Gasteiger partial charge < -0.3 is 21.7 Å². The van der Waals surface area contributed by atoms with Gasteiger partial charge in [0.05, 0.1) is 33.1 Å². The van der Waals surface area contributed by atoms with Crippen LogP contribution in [0.3, 0.4) is 0 Å². The van der Waals surface area contributed by atoms with Gasteiger partial charge in [0.1, 0.15) is 23.7 Å². The Morgan fingerprint density at radius 3 is 2.57 bits per heavy atom. The monoisotopic (exact) mass is 556 g/mol. The van der Waals surface area contributed by atoms with Crippen LogP contribution in [0.15, 0.2) is 40.6 Å². The van der Waals surface area contributed by atoms with Crippen molar-refractivity contribution in [2.45, 2.75) is 25.6 Å². The highest BCUT2D eigenvalue weighted by atomic mass is 35.5. The van der Waals surface area contributed by atoms with Crippen molar-refractivity contribution in [2.24, 2.45) is 10.7 Å². The van der Waals surface area contributed by atoms with Crippen molar-refractivity contribution in [1.29, 1.82) is 0 Å². The Hall–Kier alpha value is -3.56. The molecular weight excluding hydrogens is 537 g/mol. The smallest absolute Gasteiger partial charge is 0.342 e. The van der Waals surface area contributed by atoms with E-state index in [9.17, 15) is 27.6 Å². The number of hydrogen-bond donors (Lipinski definition) is 4. The highest BCUT2D eigenvalue weighted by Crippen LogP contribution is 2.35. The van der Waals surface area contributed by atoms with Gasteiger partial charge in [-0.15, -0.1) is 0 Å². The van der Waals surface area contributed by atoms with E-state index in [1.165, 1.54) is 12.1 Å². The number of nitrogens with two attached hydrogens (primary N) is 1. The number of nitrogens with one attached hydrogen (secondary N) is 3. The number of nitrogens with zero attached hydrogens (tertiary/aromatic N) is 4. The SMILES string of the molecule is CC(NC(=O)c1cc(NC(=O)CCN)ncn1)C1=NCC=C(C(=O)Nc2cc(C(F)(F)F)c(Cl)cn2)S1. The second-order valence-corrected chi connectivity index (χ2v) is 8.89. The fourth-order valence-electron chi connectivity index (χ4n) is 2.89. The molecule has 1 aliphatic rings. The molecule has 0 bridgehead atoms. The first-order valence-corrected chi connectivity index (χ1v) is 11.8. The Labute approximate surface area is 217 Å². The predicted octanol–water partition coefficient (Wildman–Crippen LogP) is 2.62. The maximum absolute atomic E-state index is 13.1. The number of alkyl halides is 3. The van der Waals surface area contributed by atoms with Crippen molar-refractivity contribution >= 4 is 57.8 Å². The number of halogens is 4. The topological polar surface area (TPSA) is 164 Å². The number of carbonyl (C=O) groups is 3. The lowest BCUT2D eigenvalue weighted by Crippen LogP contribution is -2.38. The van der Waals surface area contributed by atoms with E-state index in [4.69, 9.17) is 17.3 Å². The highest BCUT2D eigenvalue weighted by Gasteiger charge is 2.34. The normalized spacial score (nSPS) is 14.2. The number of hydrogen-bond acceptors (Lipinski definition) is 9. The van der Waals surface area contributed by atoms with Gasteiger partial charge in [0.15, 0.2) is 0 Å². The van der Waals surface area contributed by atoms with Crippen molar-refractivity contribution in [1.82, 2.24) is 20.3 Å². The van der Waals surface area contributed by atoms with Gasteiger partial charge in [0, 0.05) is 25.2 Å². The van der Waals surface area contributed by atoms with Crippen molar-refractivity contribution in [3.8, 4) is 0 Å². The zero-order valence-electron chi connectivity index (χ0n) is 19.1. The molecule has 16 heteroatoms. The summed E-state index contributed by atoms with van der Waals surface area (Å²) in [5, 5.41) is 7.29. The summed E-state index contributed by atoms with van der Waals surface area (Å²) in [5.41, 5.74) is 4.18. The summed E-state index contributed by atoms with van der Waals surface area (Å²) in [6.45, 7) is 1.89. The van der Waals surface area contributed by atoms with Crippen molar-refractivity contribution in [3.05, 3.63) is 51.9 Å². The standard InChI is InChI=1S/C21H20ClF3N8O3S/c1-10(31-18(35)13-7-16(30-9-29-13)32-17(34)2-4-26)20-27-5-3-14(37-20)19(36)33-15-6-11(21(23,24)25)12(22)8-28-15/h3,6-10H,2,4-5,26H2,1H3,(H,31,35)(H,28,33,36)(H,29,30,32,34). The third-order valence-electron chi connectivity index (χ3n) is 4.62. The number of rotatable bonds is 8. The Morgan fingerprint density at radius 1 is 1.14 bits per heavy atom. The fraction of sp³-hybridized carbons (Fsp3) is 0.286. The lowest BCUT2D eigenvalue weighted by Gasteiger charge is -2.20. The van der Waals surface area contributed by atoms with Crippen LogP contribution in [0, 0.1) is 0 Å². The van der Waals surface area contributed by atoms with Crippen LogP contribution in [-0.4, -0.2) is 56.8 Å². The third-order valence-corrected chi connectivity index (χ3v) is 6.19. The summed E-state index contributed by atoms with van der Waals surface area (Å²) >= 11 is 6.50. The lowest BCUT2D eigenvalue weighted by atomic mass is 10.2. The van der Waals surface area contributed by atoms with Gasteiger partial charge in [-0.3, -0.25) is 19.4 Å². The fourth-order valence-corrected chi connectivity index (χ4v) is 4.00. The molecule has 0 saturated heterocycles. The number of pyridine rings is 1. The molecule has 1 unspecified atom stereocenters. The number of anilines is 2. The predicted molar refractivity (Wildman–Crippen MR) is 132 cm³/mol. The molecule has 196 valence electrons. The zero-order valence-corrected chi connectivity index (χ0v) is 20.7. The van der Waals surface area contributed by atoms with E-state index in [1.54, 1.807) is 6.92 Å². The number of thioether (sulfide) groups is 1. The number of amides is 3. The largest absolute Gasteiger partial charge is 0.418 e. The average Bonchev–Trinajstić information content (AvgIpc) is 2.84.